The molecule has 0 radical (unpaired) electrons. The van der Waals surface area contributed by atoms with Gasteiger partial charge in [0.1, 0.15) is 0 Å². The summed E-state index contributed by atoms with van der Waals surface area (Å²) in [5.41, 5.74) is 0. The molecule has 0 unspecified atom stereocenters. The minimum absolute atomic E-state index is 0.0182. The van der Waals surface area contributed by atoms with Crippen molar-refractivity contribution in [3.63, 3.8) is 0 Å². The van der Waals surface area contributed by atoms with Gasteiger partial charge in [-0.05, 0) is 0 Å². The second kappa shape index (κ2) is 6.98. The Morgan fingerprint density at radius 3 is 2.75 bits per heavy atom. The Kier molecular flexibility index (Phi) is 5.13. The highest BCUT2D eigenvalue weighted by Gasteiger charge is 2.47. The number of aromatic nitrogens is 2. The van der Waals surface area contributed by atoms with Crippen LogP contribution in [-0.2, 0) is 14.6 Å². The fourth-order valence-corrected chi connectivity index (χ4v) is 5.99. The van der Waals surface area contributed by atoms with Crippen molar-refractivity contribution in [2.75, 3.05) is 43.5 Å². The summed E-state index contributed by atoms with van der Waals surface area (Å²) in [6.07, 6.45) is 0. The molecule has 9 nitrogen and oxygen atoms in total. The van der Waals surface area contributed by atoms with Gasteiger partial charge in [0.25, 0.3) is 5.22 Å². The summed E-state index contributed by atoms with van der Waals surface area (Å²) >= 11 is 1.15. The summed E-state index contributed by atoms with van der Waals surface area (Å²) < 4.78 is 29.3. The summed E-state index contributed by atoms with van der Waals surface area (Å²) in [6, 6.07) is -0.594. The summed E-state index contributed by atoms with van der Waals surface area (Å²) in [6.45, 7) is 3.10. The smallest absolute Gasteiger partial charge is 0.277 e. The molecule has 0 spiro atoms. The minimum Gasteiger partial charge on any atom is -0.416 e. The fourth-order valence-electron chi connectivity index (χ4n) is 3.28. The number of sulfone groups is 1. The van der Waals surface area contributed by atoms with Crippen LogP contribution in [0, 0.1) is 6.92 Å². The molecule has 1 amide bonds. The monoisotopic (exact) mass is 376 g/mol. The van der Waals surface area contributed by atoms with E-state index < -0.39 is 9.84 Å². The van der Waals surface area contributed by atoms with Gasteiger partial charge in [-0.1, -0.05) is 11.8 Å². The zero-order valence-electron chi connectivity index (χ0n) is 13.3. The Morgan fingerprint density at radius 2 is 2.08 bits per heavy atom. The van der Waals surface area contributed by atoms with Gasteiger partial charge in [-0.3, -0.25) is 9.69 Å². The number of aliphatic hydroxyl groups is 1. The molecule has 0 aromatic carbocycles. The molecule has 134 valence electrons. The molecule has 0 aliphatic carbocycles. The maximum absolute atomic E-state index is 12.5. The maximum Gasteiger partial charge on any atom is 0.277 e. The van der Waals surface area contributed by atoms with E-state index in [9.17, 15) is 13.2 Å². The van der Waals surface area contributed by atoms with E-state index in [2.05, 4.69) is 10.2 Å². The van der Waals surface area contributed by atoms with Crippen LogP contribution in [0.15, 0.2) is 9.64 Å². The Morgan fingerprint density at radius 1 is 1.33 bits per heavy atom. The first kappa shape index (κ1) is 17.6. The molecule has 1 aromatic heterocycles. The summed E-state index contributed by atoms with van der Waals surface area (Å²) in [7, 11) is -3.18. The number of amides is 1. The first-order valence-electron chi connectivity index (χ1n) is 7.67. The van der Waals surface area contributed by atoms with Crippen LogP contribution >= 0.6 is 11.8 Å². The number of carbonyl (C=O) groups is 1. The highest BCUT2D eigenvalue weighted by molar-refractivity contribution is 7.99. The average molecular weight is 376 g/mol. The molecule has 11 heteroatoms. The summed E-state index contributed by atoms with van der Waals surface area (Å²) in [4.78, 5) is 16.2. The van der Waals surface area contributed by atoms with Crippen molar-refractivity contribution in [3.05, 3.63) is 5.89 Å². The number of hydrogen-bond acceptors (Lipinski definition) is 9. The number of aliphatic hydroxyl groups excluding tert-OH is 1. The van der Waals surface area contributed by atoms with Crippen LogP contribution in [0.1, 0.15) is 5.89 Å². The van der Waals surface area contributed by atoms with Crippen LogP contribution in [-0.4, -0.2) is 95.0 Å². The van der Waals surface area contributed by atoms with E-state index in [1.807, 2.05) is 4.90 Å². The SMILES string of the molecule is Cc1nnc(SCC(=O)N2CCN(CCO)[C@@H]3CS(=O)(=O)C[C@@H]32)o1. The maximum atomic E-state index is 12.5. The van der Waals surface area contributed by atoms with E-state index in [0.29, 0.717) is 30.7 Å². The van der Waals surface area contributed by atoms with E-state index in [0.717, 1.165) is 11.8 Å². The quantitative estimate of drug-likeness (QED) is 0.631. The van der Waals surface area contributed by atoms with Crippen molar-refractivity contribution in [2.45, 2.75) is 24.2 Å². The van der Waals surface area contributed by atoms with Crippen LogP contribution in [0.5, 0.6) is 0 Å². The van der Waals surface area contributed by atoms with Crippen LogP contribution < -0.4 is 0 Å². The predicted molar refractivity (Wildman–Crippen MR) is 86.4 cm³/mol. The van der Waals surface area contributed by atoms with Crippen molar-refractivity contribution in [3.8, 4) is 0 Å². The highest BCUT2D eigenvalue weighted by Crippen LogP contribution is 2.28. The number of aryl methyl sites for hydroxylation is 1. The zero-order valence-corrected chi connectivity index (χ0v) is 14.9. The van der Waals surface area contributed by atoms with Crippen molar-refractivity contribution >= 4 is 27.5 Å². The Hall–Kier alpha value is -1.17. The third kappa shape index (κ3) is 3.73. The summed E-state index contributed by atoms with van der Waals surface area (Å²) in [5, 5.41) is 17.0. The molecular weight excluding hydrogens is 356 g/mol. The van der Waals surface area contributed by atoms with Gasteiger partial charge < -0.3 is 14.4 Å². The van der Waals surface area contributed by atoms with Gasteiger partial charge in [0.2, 0.25) is 11.8 Å². The average Bonchev–Trinajstić information content (AvgIpc) is 3.07. The van der Waals surface area contributed by atoms with Crippen LogP contribution in [0.3, 0.4) is 0 Å². The molecule has 0 bridgehead atoms. The molecule has 0 saturated carbocycles. The molecule has 3 heterocycles. The van der Waals surface area contributed by atoms with Gasteiger partial charge in [-0.25, -0.2) is 8.42 Å². The van der Waals surface area contributed by atoms with Gasteiger partial charge in [-0.15, -0.1) is 10.2 Å². The normalized spacial score (nSPS) is 26.5. The van der Waals surface area contributed by atoms with Gasteiger partial charge in [0, 0.05) is 32.6 Å². The third-order valence-corrected chi connectivity index (χ3v) is 6.83. The standard InChI is InChI=1S/C13H20N4O5S2/c1-9-14-15-13(22-9)23-6-12(19)17-3-2-16(4-5-18)10-7-24(20,21)8-11(10)17/h10-11,18H,2-8H2,1H3/t10-,11+/m1/s1. The predicted octanol–water partition coefficient (Wildman–Crippen LogP) is -1.23. The van der Waals surface area contributed by atoms with Gasteiger partial charge in [0.05, 0.1) is 29.9 Å². The molecule has 3 rings (SSSR count). The number of carbonyl (C=O) groups excluding carboxylic acids is 1. The van der Waals surface area contributed by atoms with Crippen LogP contribution in [0.2, 0.25) is 0 Å². The molecule has 24 heavy (non-hydrogen) atoms. The van der Waals surface area contributed by atoms with Gasteiger partial charge in [-0.2, -0.15) is 0 Å². The lowest BCUT2D eigenvalue weighted by Crippen LogP contribution is -2.61. The van der Waals surface area contributed by atoms with E-state index in [-0.39, 0.29) is 41.9 Å². The van der Waals surface area contributed by atoms with Crippen LogP contribution in [0.25, 0.3) is 0 Å². The fraction of sp³-hybridized carbons (Fsp3) is 0.769. The van der Waals surface area contributed by atoms with Gasteiger partial charge >= 0.3 is 0 Å². The molecule has 2 atom stereocenters. The first-order chi connectivity index (χ1) is 11.4. The Balaban J connectivity index is 1.67. The van der Waals surface area contributed by atoms with E-state index in [1.165, 1.54) is 0 Å². The van der Waals surface area contributed by atoms with Crippen molar-refractivity contribution in [1.82, 2.24) is 20.0 Å². The lowest BCUT2D eigenvalue weighted by molar-refractivity contribution is -0.134. The third-order valence-electron chi connectivity index (χ3n) is 4.33. The van der Waals surface area contributed by atoms with Crippen molar-refractivity contribution in [2.24, 2.45) is 0 Å². The minimum atomic E-state index is -3.18. The number of rotatable bonds is 5. The lowest BCUT2D eigenvalue weighted by Gasteiger charge is -2.43. The Bertz CT molecular complexity index is 707. The van der Waals surface area contributed by atoms with Crippen molar-refractivity contribution < 1.29 is 22.7 Å². The highest BCUT2D eigenvalue weighted by atomic mass is 32.2. The number of nitrogens with zero attached hydrogens (tertiary/aromatic N) is 4. The molecule has 1 N–H and O–H groups in total. The topological polar surface area (TPSA) is 117 Å². The second-order valence-corrected chi connectivity index (χ2v) is 9.01. The first-order valence-corrected chi connectivity index (χ1v) is 10.5. The number of thioether (sulfide) groups is 1. The number of β-amino-alcohol motifs (C(OH)–C–C–N with tert-alkyl or cyclic N) is 1. The van der Waals surface area contributed by atoms with Gasteiger partial charge in [0.15, 0.2) is 9.84 Å². The number of hydrogen-bond donors (Lipinski definition) is 1. The molecule has 2 aliphatic heterocycles. The molecule has 2 saturated heterocycles. The van der Waals surface area contributed by atoms with E-state index in [4.69, 9.17) is 9.52 Å². The largest absolute Gasteiger partial charge is 0.416 e. The van der Waals surface area contributed by atoms with Crippen LogP contribution in [0.4, 0.5) is 0 Å². The lowest BCUT2D eigenvalue weighted by atomic mass is 10.0. The molecule has 2 aliphatic rings. The number of fused-ring (bicyclic) bond motifs is 1. The second-order valence-electron chi connectivity index (χ2n) is 5.93. The number of piperazine rings is 1. The van der Waals surface area contributed by atoms with Crippen molar-refractivity contribution in [1.29, 1.82) is 0 Å². The Labute approximate surface area is 144 Å². The molecular formula is C13H20N4O5S2. The molecule has 1 aromatic rings. The summed E-state index contributed by atoms with van der Waals surface area (Å²) in [5.74, 6) is 0.453. The zero-order chi connectivity index (χ0) is 17.3. The van der Waals surface area contributed by atoms with E-state index in [1.54, 1.807) is 11.8 Å². The van der Waals surface area contributed by atoms with E-state index >= 15 is 0 Å². The molecule has 2 fully saturated rings.